The molecular weight excluding hydrogens is 168 g/mol. The first-order valence-corrected chi connectivity index (χ1v) is 5.74. The Morgan fingerprint density at radius 2 is 1.64 bits per heavy atom. The van der Waals surface area contributed by atoms with Crippen LogP contribution in [0, 0.1) is 12.3 Å². The van der Waals surface area contributed by atoms with Gasteiger partial charge in [-0.1, -0.05) is 49.6 Å². The lowest BCUT2D eigenvalue weighted by atomic mass is 9.82. The quantitative estimate of drug-likeness (QED) is 0.655. The van der Waals surface area contributed by atoms with E-state index in [-0.39, 0.29) is 0 Å². The Hall–Kier alpha value is -0.780. The fourth-order valence-corrected chi connectivity index (χ4v) is 2.60. The van der Waals surface area contributed by atoms with Crippen molar-refractivity contribution in [3.8, 4) is 0 Å². The summed E-state index contributed by atoms with van der Waals surface area (Å²) in [6, 6.07) is 9.04. The Balaban J connectivity index is 2.06. The van der Waals surface area contributed by atoms with E-state index in [1.165, 1.54) is 43.2 Å². The van der Waals surface area contributed by atoms with Crippen molar-refractivity contribution >= 4 is 0 Å². The van der Waals surface area contributed by atoms with Gasteiger partial charge in [-0.05, 0) is 37.2 Å². The van der Waals surface area contributed by atoms with Gasteiger partial charge in [0.15, 0.2) is 0 Å². The van der Waals surface area contributed by atoms with Gasteiger partial charge in [0.25, 0.3) is 0 Å². The van der Waals surface area contributed by atoms with Crippen LogP contribution in [0.1, 0.15) is 43.7 Å². The van der Waals surface area contributed by atoms with Crippen molar-refractivity contribution in [3.63, 3.8) is 0 Å². The fourth-order valence-electron chi connectivity index (χ4n) is 2.60. The van der Waals surface area contributed by atoms with Gasteiger partial charge in [-0.2, -0.15) is 0 Å². The van der Waals surface area contributed by atoms with Gasteiger partial charge in [-0.15, -0.1) is 0 Å². The second kappa shape index (κ2) is 3.76. The van der Waals surface area contributed by atoms with E-state index in [1.807, 2.05) is 0 Å². The molecule has 0 spiro atoms. The molecule has 0 heterocycles. The Kier molecular flexibility index (Phi) is 2.62. The van der Waals surface area contributed by atoms with Crippen molar-refractivity contribution in [2.75, 3.05) is 0 Å². The molecule has 0 nitrogen and oxygen atoms in total. The summed E-state index contributed by atoms with van der Waals surface area (Å²) in [5, 5.41) is 0. The highest BCUT2D eigenvalue weighted by Gasteiger charge is 2.28. The average Bonchev–Trinajstić information content (AvgIpc) is 2.57. The third kappa shape index (κ3) is 2.17. The Bertz CT molecular complexity index is 288. The molecule has 1 aromatic carbocycles. The predicted octanol–water partition coefficient (Wildman–Crippen LogP) is 4.12. The van der Waals surface area contributed by atoms with Crippen LogP contribution in [0.25, 0.3) is 0 Å². The highest BCUT2D eigenvalue weighted by molar-refractivity contribution is 5.22. The maximum Gasteiger partial charge on any atom is -0.0225 e. The molecule has 1 aliphatic carbocycles. The Morgan fingerprint density at radius 1 is 1.07 bits per heavy atom. The molecule has 1 aliphatic rings. The smallest absolute Gasteiger partial charge is 0.0225 e. The zero-order valence-electron chi connectivity index (χ0n) is 9.34. The maximum atomic E-state index is 2.44. The van der Waals surface area contributed by atoms with Crippen LogP contribution >= 0.6 is 0 Å². The fraction of sp³-hybridized carbons (Fsp3) is 0.571. The topological polar surface area (TPSA) is 0 Å². The molecule has 0 bridgehead atoms. The summed E-state index contributed by atoms with van der Waals surface area (Å²) in [5.74, 6) is 0. The van der Waals surface area contributed by atoms with E-state index < -0.39 is 0 Å². The number of rotatable bonds is 2. The van der Waals surface area contributed by atoms with Gasteiger partial charge in [-0.25, -0.2) is 0 Å². The molecule has 1 saturated carbocycles. The SMILES string of the molecule is Cc1ccc(CC2(C)CCCC2)cc1. The van der Waals surface area contributed by atoms with E-state index in [1.54, 1.807) is 0 Å². The minimum Gasteiger partial charge on any atom is -0.0593 e. The lowest BCUT2D eigenvalue weighted by Gasteiger charge is -2.23. The molecule has 76 valence electrons. The van der Waals surface area contributed by atoms with Gasteiger partial charge in [0.05, 0.1) is 0 Å². The van der Waals surface area contributed by atoms with Crippen LogP contribution in [-0.2, 0) is 6.42 Å². The molecule has 1 fully saturated rings. The summed E-state index contributed by atoms with van der Waals surface area (Å²) in [6.07, 6.45) is 6.97. The van der Waals surface area contributed by atoms with E-state index in [0.29, 0.717) is 5.41 Å². The van der Waals surface area contributed by atoms with Crippen LogP contribution in [0.2, 0.25) is 0 Å². The molecule has 1 aromatic rings. The first-order valence-electron chi connectivity index (χ1n) is 5.74. The van der Waals surface area contributed by atoms with Gasteiger partial charge in [-0.3, -0.25) is 0 Å². The van der Waals surface area contributed by atoms with E-state index in [2.05, 4.69) is 38.1 Å². The maximum absolute atomic E-state index is 2.44. The van der Waals surface area contributed by atoms with Gasteiger partial charge in [0, 0.05) is 0 Å². The summed E-state index contributed by atoms with van der Waals surface area (Å²) < 4.78 is 0. The number of benzene rings is 1. The normalized spacial score (nSPS) is 19.9. The molecule has 0 heteroatoms. The summed E-state index contributed by atoms with van der Waals surface area (Å²) >= 11 is 0. The summed E-state index contributed by atoms with van der Waals surface area (Å²) in [7, 11) is 0. The number of hydrogen-bond acceptors (Lipinski definition) is 0. The molecule has 0 radical (unpaired) electrons. The lowest BCUT2D eigenvalue weighted by molar-refractivity contribution is 0.334. The second-order valence-corrected chi connectivity index (χ2v) is 5.18. The minimum atomic E-state index is 0.593. The van der Waals surface area contributed by atoms with Crippen LogP contribution in [0.15, 0.2) is 24.3 Å². The first kappa shape index (κ1) is 9.76. The molecule has 0 atom stereocenters. The van der Waals surface area contributed by atoms with Gasteiger partial charge >= 0.3 is 0 Å². The van der Waals surface area contributed by atoms with Crippen LogP contribution < -0.4 is 0 Å². The molecule has 0 saturated heterocycles. The minimum absolute atomic E-state index is 0.593. The van der Waals surface area contributed by atoms with Crippen LogP contribution in [0.5, 0.6) is 0 Å². The zero-order valence-corrected chi connectivity index (χ0v) is 9.34. The predicted molar refractivity (Wildman–Crippen MR) is 61.5 cm³/mol. The largest absolute Gasteiger partial charge is 0.0593 e. The zero-order chi connectivity index (χ0) is 10.0. The molecule has 2 rings (SSSR count). The van der Waals surface area contributed by atoms with Crippen molar-refractivity contribution in [2.24, 2.45) is 5.41 Å². The van der Waals surface area contributed by atoms with E-state index in [4.69, 9.17) is 0 Å². The first-order chi connectivity index (χ1) is 6.68. The van der Waals surface area contributed by atoms with E-state index in [0.717, 1.165) is 0 Å². The Morgan fingerprint density at radius 3 is 2.21 bits per heavy atom. The molecule has 0 aliphatic heterocycles. The number of hydrogen-bond donors (Lipinski definition) is 0. The lowest BCUT2D eigenvalue weighted by Crippen LogP contribution is -2.14. The van der Waals surface area contributed by atoms with Crippen molar-refractivity contribution < 1.29 is 0 Å². The summed E-state index contributed by atoms with van der Waals surface area (Å²) in [5.41, 5.74) is 3.47. The number of aryl methyl sites for hydroxylation is 1. The van der Waals surface area contributed by atoms with E-state index in [9.17, 15) is 0 Å². The van der Waals surface area contributed by atoms with Crippen molar-refractivity contribution in [1.82, 2.24) is 0 Å². The monoisotopic (exact) mass is 188 g/mol. The molecule has 0 amide bonds. The van der Waals surface area contributed by atoms with Crippen LogP contribution in [-0.4, -0.2) is 0 Å². The standard InChI is InChI=1S/C14H20/c1-12-5-7-13(8-6-12)11-14(2)9-3-4-10-14/h5-8H,3-4,9-11H2,1-2H3. The van der Waals surface area contributed by atoms with Gasteiger partial charge in [0.2, 0.25) is 0 Å². The van der Waals surface area contributed by atoms with Crippen molar-refractivity contribution in [2.45, 2.75) is 46.0 Å². The molecule has 0 aromatic heterocycles. The summed E-state index contributed by atoms with van der Waals surface area (Å²) in [6.45, 7) is 4.60. The van der Waals surface area contributed by atoms with Crippen LogP contribution in [0.4, 0.5) is 0 Å². The highest BCUT2D eigenvalue weighted by Crippen LogP contribution is 2.40. The highest BCUT2D eigenvalue weighted by atomic mass is 14.3. The molecule has 0 N–H and O–H groups in total. The molecule has 14 heavy (non-hydrogen) atoms. The molecule has 0 unspecified atom stereocenters. The van der Waals surface area contributed by atoms with Gasteiger partial charge in [0.1, 0.15) is 0 Å². The van der Waals surface area contributed by atoms with Crippen molar-refractivity contribution in [3.05, 3.63) is 35.4 Å². The average molecular weight is 188 g/mol. The van der Waals surface area contributed by atoms with E-state index >= 15 is 0 Å². The van der Waals surface area contributed by atoms with Crippen molar-refractivity contribution in [1.29, 1.82) is 0 Å². The van der Waals surface area contributed by atoms with Crippen LogP contribution in [0.3, 0.4) is 0 Å². The second-order valence-electron chi connectivity index (χ2n) is 5.18. The molecular formula is C14H20. The Labute approximate surface area is 87.3 Å². The third-order valence-electron chi connectivity index (χ3n) is 3.56. The third-order valence-corrected chi connectivity index (χ3v) is 3.56. The summed E-state index contributed by atoms with van der Waals surface area (Å²) in [4.78, 5) is 0. The van der Waals surface area contributed by atoms with Gasteiger partial charge < -0.3 is 0 Å².